The third-order valence-electron chi connectivity index (χ3n) is 4.26. The molecule has 1 aromatic heterocycles. The lowest BCUT2D eigenvalue weighted by molar-refractivity contribution is -0.0549. The molecule has 2 heterocycles. The molecule has 0 bridgehead atoms. The van der Waals surface area contributed by atoms with Crippen molar-refractivity contribution in [2.75, 3.05) is 18.6 Å². The number of hydrogen-bond donors (Lipinski definition) is 3. The average Bonchev–Trinajstić information content (AvgIpc) is 2.90. The van der Waals surface area contributed by atoms with Crippen molar-refractivity contribution >= 4 is 5.82 Å². The first kappa shape index (κ1) is 17.6. The minimum Gasteiger partial charge on any atom is -0.394 e. The van der Waals surface area contributed by atoms with Crippen molar-refractivity contribution in [2.24, 2.45) is 0 Å². The third kappa shape index (κ3) is 3.57. The maximum absolute atomic E-state index is 12.3. The second kappa shape index (κ2) is 7.32. The lowest BCUT2D eigenvalue weighted by atomic mass is 10.1. The number of aromatic nitrogens is 2. The van der Waals surface area contributed by atoms with Crippen LogP contribution in [0.25, 0.3) is 0 Å². The van der Waals surface area contributed by atoms with Gasteiger partial charge in [-0.1, -0.05) is 30.3 Å². The number of ether oxygens (including phenoxy) is 1. The zero-order chi connectivity index (χ0) is 18.0. The van der Waals surface area contributed by atoms with Crippen molar-refractivity contribution in [2.45, 2.75) is 31.1 Å². The van der Waals surface area contributed by atoms with Crippen LogP contribution in [-0.2, 0) is 11.3 Å². The molecule has 2 aromatic rings. The second-order valence-electron chi connectivity index (χ2n) is 6.05. The fraction of sp³-hybridized carbons (Fsp3) is 0.412. The first-order valence-electron chi connectivity index (χ1n) is 7.98. The molecular formula is C17H21N3O5. The largest absolute Gasteiger partial charge is 0.394 e. The zero-order valence-electron chi connectivity index (χ0n) is 13.8. The van der Waals surface area contributed by atoms with E-state index in [1.165, 1.54) is 6.20 Å². The topological polar surface area (TPSA) is 108 Å². The minimum absolute atomic E-state index is 0.450. The van der Waals surface area contributed by atoms with E-state index in [1.54, 1.807) is 6.07 Å². The summed E-state index contributed by atoms with van der Waals surface area (Å²) in [6, 6.07) is 11.4. The van der Waals surface area contributed by atoms with Crippen LogP contribution in [0, 0.1) is 0 Å². The number of aliphatic hydroxyl groups excluding tert-OH is 3. The minimum atomic E-state index is -1.32. The maximum atomic E-state index is 12.3. The molecule has 25 heavy (non-hydrogen) atoms. The highest BCUT2D eigenvalue weighted by Gasteiger charge is 2.43. The predicted octanol–water partition coefficient (Wildman–Crippen LogP) is -0.509. The van der Waals surface area contributed by atoms with E-state index in [1.807, 2.05) is 42.3 Å². The molecule has 1 saturated heterocycles. The maximum Gasteiger partial charge on any atom is 0.351 e. The first-order chi connectivity index (χ1) is 12.0. The van der Waals surface area contributed by atoms with E-state index in [4.69, 9.17) is 9.84 Å². The van der Waals surface area contributed by atoms with Crippen molar-refractivity contribution < 1.29 is 20.1 Å². The van der Waals surface area contributed by atoms with E-state index in [0.717, 1.165) is 10.1 Å². The van der Waals surface area contributed by atoms with Crippen molar-refractivity contribution in [1.29, 1.82) is 0 Å². The monoisotopic (exact) mass is 347 g/mol. The molecule has 0 unspecified atom stereocenters. The van der Waals surface area contributed by atoms with Gasteiger partial charge in [0.05, 0.1) is 6.61 Å². The first-order valence-corrected chi connectivity index (χ1v) is 7.98. The number of nitrogens with zero attached hydrogens (tertiary/aromatic N) is 3. The average molecular weight is 347 g/mol. The van der Waals surface area contributed by atoms with E-state index in [2.05, 4.69) is 4.98 Å². The number of rotatable bonds is 5. The summed E-state index contributed by atoms with van der Waals surface area (Å²) in [5, 5.41) is 29.0. The van der Waals surface area contributed by atoms with E-state index in [0.29, 0.717) is 12.4 Å². The SMILES string of the molecule is CN(Cc1ccccc1)c1ccn([C@@H]2O[C@H](CO)[C@H](O)[C@@H]2O)c(=O)n1. The summed E-state index contributed by atoms with van der Waals surface area (Å²) in [6.07, 6.45) is -3.13. The Kier molecular flexibility index (Phi) is 5.14. The molecule has 8 nitrogen and oxygen atoms in total. The van der Waals surface area contributed by atoms with Crippen LogP contribution in [0.4, 0.5) is 5.82 Å². The summed E-state index contributed by atoms with van der Waals surface area (Å²) in [5.41, 5.74) is 0.478. The van der Waals surface area contributed by atoms with Gasteiger partial charge in [0, 0.05) is 19.8 Å². The highest BCUT2D eigenvalue weighted by Crippen LogP contribution is 2.28. The van der Waals surface area contributed by atoms with Gasteiger partial charge in [0.25, 0.3) is 0 Å². The van der Waals surface area contributed by atoms with Gasteiger partial charge in [0.2, 0.25) is 0 Å². The molecule has 1 aromatic carbocycles. The standard InChI is InChI=1S/C17H21N3O5/c1-19(9-11-5-3-2-4-6-11)13-7-8-20(17(24)18-13)16-15(23)14(22)12(10-21)25-16/h2-8,12,14-16,21-23H,9-10H2,1H3/t12-,14+,15+,16-/m1/s1. The van der Waals surface area contributed by atoms with E-state index >= 15 is 0 Å². The summed E-state index contributed by atoms with van der Waals surface area (Å²) in [7, 11) is 1.82. The molecule has 0 aliphatic carbocycles. The molecule has 0 radical (unpaired) electrons. The van der Waals surface area contributed by atoms with Gasteiger partial charge in [-0.3, -0.25) is 4.57 Å². The zero-order valence-corrected chi connectivity index (χ0v) is 13.8. The van der Waals surface area contributed by atoms with Gasteiger partial charge < -0.3 is 25.0 Å². The molecule has 1 fully saturated rings. The van der Waals surface area contributed by atoms with Crippen LogP contribution < -0.4 is 10.6 Å². The Balaban J connectivity index is 1.78. The summed E-state index contributed by atoms with van der Waals surface area (Å²) >= 11 is 0. The van der Waals surface area contributed by atoms with Gasteiger partial charge in [-0.05, 0) is 11.6 Å². The van der Waals surface area contributed by atoms with Crippen molar-refractivity contribution in [3.8, 4) is 0 Å². The number of hydrogen-bond acceptors (Lipinski definition) is 7. The molecular weight excluding hydrogens is 326 g/mol. The lowest BCUT2D eigenvalue weighted by Crippen LogP contribution is -2.36. The number of anilines is 1. The summed E-state index contributed by atoms with van der Waals surface area (Å²) in [4.78, 5) is 18.2. The fourth-order valence-electron chi connectivity index (χ4n) is 2.86. The van der Waals surface area contributed by atoms with Crippen molar-refractivity contribution in [1.82, 2.24) is 9.55 Å². The summed E-state index contributed by atoms with van der Waals surface area (Å²) in [6.45, 7) is 0.139. The van der Waals surface area contributed by atoms with Crippen LogP contribution >= 0.6 is 0 Å². The summed E-state index contributed by atoms with van der Waals surface area (Å²) in [5.74, 6) is 0.483. The summed E-state index contributed by atoms with van der Waals surface area (Å²) < 4.78 is 6.47. The Morgan fingerprint density at radius 1 is 1.20 bits per heavy atom. The van der Waals surface area contributed by atoms with Crippen LogP contribution in [0.3, 0.4) is 0 Å². The van der Waals surface area contributed by atoms with Crippen LogP contribution in [0.5, 0.6) is 0 Å². The van der Waals surface area contributed by atoms with E-state index < -0.39 is 36.8 Å². The quantitative estimate of drug-likeness (QED) is 0.669. The van der Waals surface area contributed by atoms with Crippen molar-refractivity contribution in [3.63, 3.8) is 0 Å². The smallest absolute Gasteiger partial charge is 0.351 e. The Labute approximate surface area is 144 Å². The van der Waals surface area contributed by atoms with Crippen molar-refractivity contribution in [3.05, 3.63) is 58.6 Å². The van der Waals surface area contributed by atoms with Crippen LogP contribution in [0.2, 0.25) is 0 Å². The van der Waals surface area contributed by atoms with Gasteiger partial charge in [-0.15, -0.1) is 0 Å². The molecule has 3 rings (SSSR count). The molecule has 0 spiro atoms. The Morgan fingerprint density at radius 2 is 1.92 bits per heavy atom. The molecule has 8 heteroatoms. The van der Waals surface area contributed by atoms with Crippen LogP contribution in [0.1, 0.15) is 11.8 Å². The molecule has 1 aliphatic heterocycles. The Morgan fingerprint density at radius 3 is 2.52 bits per heavy atom. The van der Waals surface area contributed by atoms with Gasteiger partial charge in [0.15, 0.2) is 6.23 Å². The fourth-order valence-corrected chi connectivity index (χ4v) is 2.86. The van der Waals surface area contributed by atoms with E-state index in [9.17, 15) is 15.0 Å². The molecule has 134 valence electrons. The molecule has 4 atom stereocenters. The molecule has 1 aliphatic rings. The normalized spacial score (nSPS) is 25.9. The predicted molar refractivity (Wildman–Crippen MR) is 90.1 cm³/mol. The second-order valence-corrected chi connectivity index (χ2v) is 6.05. The molecule has 3 N–H and O–H groups in total. The van der Waals surface area contributed by atoms with Crippen LogP contribution in [-0.4, -0.2) is 56.8 Å². The number of benzene rings is 1. The number of aliphatic hydroxyl groups is 3. The third-order valence-corrected chi connectivity index (χ3v) is 4.26. The molecule has 0 saturated carbocycles. The van der Waals surface area contributed by atoms with Gasteiger partial charge in [-0.25, -0.2) is 4.79 Å². The highest BCUT2D eigenvalue weighted by atomic mass is 16.6. The van der Waals surface area contributed by atoms with Gasteiger partial charge in [0.1, 0.15) is 24.1 Å². The van der Waals surface area contributed by atoms with E-state index in [-0.39, 0.29) is 0 Å². The van der Waals surface area contributed by atoms with Gasteiger partial charge >= 0.3 is 5.69 Å². The lowest BCUT2D eigenvalue weighted by Gasteiger charge is -2.21. The molecule has 0 amide bonds. The van der Waals surface area contributed by atoms with Crippen LogP contribution in [0.15, 0.2) is 47.4 Å². The Hall–Kier alpha value is -2.26. The highest BCUT2D eigenvalue weighted by molar-refractivity contribution is 5.37. The van der Waals surface area contributed by atoms with Gasteiger partial charge in [-0.2, -0.15) is 4.98 Å². The Bertz CT molecular complexity index is 766.